The molecule has 0 amide bonds. The largest absolute Gasteiger partial charge is 2.00 e. The molecule has 0 bridgehead atoms. The topological polar surface area (TPSA) is 290 Å². The predicted octanol–water partition coefficient (Wildman–Crippen LogP) is -5.84. The van der Waals surface area contributed by atoms with Crippen LogP contribution in [0.3, 0.4) is 0 Å². The van der Waals surface area contributed by atoms with Gasteiger partial charge in [-0.2, -0.15) is 0 Å². The molecule has 0 aliphatic heterocycles. The van der Waals surface area contributed by atoms with Gasteiger partial charge in [0.15, 0.2) is 0 Å². The summed E-state index contributed by atoms with van der Waals surface area (Å²) in [4.78, 5) is 19.9. The van der Waals surface area contributed by atoms with Crippen LogP contribution < -0.4 is 5.73 Å². The van der Waals surface area contributed by atoms with Gasteiger partial charge >= 0.3 is 57.4 Å². The maximum Gasteiger partial charge on any atom is 2.00 e. The van der Waals surface area contributed by atoms with Crippen molar-refractivity contribution in [1.82, 2.24) is 0 Å². The molecular formula is C5H23NO10Sr. The Kier molecular flexibility index (Phi) is 93.7. The fourth-order valence-electron chi connectivity index (χ4n) is 0.402. The zero-order chi connectivity index (χ0) is 8.15. The first-order valence-corrected chi connectivity index (χ1v) is 2.74. The monoisotopic (exact) mass is 345 g/mol. The predicted molar refractivity (Wildman–Crippen MR) is 62.1 cm³/mol. The summed E-state index contributed by atoms with van der Waals surface area (Å²) >= 11 is 0. The first-order valence-electron chi connectivity index (χ1n) is 2.74. The van der Waals surface area contributed by atoms with Crippen molar-refractivity contribution in [3.8, 4) is 0 Å². The van der Waals surface area contributed by atoms with Crippen molar-refractivity contribution in [2.24, 2.45) is 5.73 Å². The standard InChI is InChI=1S/C5H9NO4.6H2O.Sr.2H/c6-3(5(9)10)1-2-4(7)8;;;;;;;;;/h3H,1-2,6H2,(H,7,8)(H,9,10);6*1H2;;;/q;;;;;;;+2;2*-1/t3-;;;;;;;;;/m1........./s1. The number of carboxylic acid groups (broad SMARTS) is 2. The van der Waals surface area contributed by atoms with Gasteiger partial charge in [0, 0.05) is 6.42 Å². The van der Waals surface area contributed by atoms with Crippen LogP contribution in [0, 0.1) is 0 Å². The van der Waals surface area contributed by atoms with Crippen molar-refractivity contribution in [3.05, 3.63) is 0 Å². The van der Waals surface area contributed by atoms with Gasteiger partial charge in [0.25, 0.3) is 0 Å². The molecule has 0 aromatic rings. The van der Waals surface area contributed by atoms with Crippen LogP contribution in [0.15, 0.2) is 0 Å². The van der Waals surface area contributed by atoms with Crippen LogP contribution in [0.1, 0.15) is 15.7 Å². The number of hydrogen-bond acceptors (Lipinski definition) is 3. The normalized spacial score (nSPS) is 7.35. The summed E-state index contributed by atoms with van der Waals surface area (Å²) in [5.41, 5.74) is 5.00. The third kappa shape index (κ3) is 38.6. The average molecular weight is 345 g/mol. The summed E-state index contributed by atoms with van der Waals surface area (Å²) < 4.78 is 0. The van der Waals surface area contributed by atoms with Gasteiger partial charge in [0.2, 0.25) is 0 Å². The molecule has 1 atom stereocenters. The van der Waals surface area contributed by atoms with E-state index in [2.05, 4.69) is 0 Å². The number of carbonyl (C=O) groups is 2. The van der Waals surface area contributed by atoms with Crippen LogP contribution in [0.2, 0.25) is 0 Å². The summed E-state index contributed by atoms with van der Waals surface area (Å²) in [5, 5.41) is 16.3. The van der Waals surface area contributed by atoms with Gasteiger partial charge in [-0.15, -0.1) is 0 Å². The van der Waals surface area contributed by atoms with E-state index in [4.69, 9.17) is 15.9 Å². The van der Waals surface area contributed by atoms with Crippen molar-refractivity contribution < 1.29 is 55.5 Å². The van der Waals surface area contributed by atoms with Crippen molar-refractivity contribution in [1.29, 1.82) is 0 Å². The molecule has 0 aromatic carbocycles. The number of nitrogens with two attached hydrogens (primary N) is 1. The maximum absolute atomic E-state index is 9.99. The molecule has 0 aliphatic rings. The molecule has 0 spiro atoms. The SMILES string of the molecule is N[C@H](CCC(=O)O)C(=O)O.O.O.O.O.O.O.[H-].[H-].[Sr+2]. The van der Waals surface area contributed by atoms with Gasteiger partial charge in [-0.3, -0.25) is 9.59 Å². The van der Waals surface area contributed by atoms with Crippen molar-refractivity contribution in [3.63, 3.8) is 0 Å². The van der Waals surface area contributed by atoms with Gasteiger partial charge in [-0.25, -0.2) is 0 Å². The number of carboxylic acids is 2. The number of hydrogen-bond donors (Lipinski definition) is 3. The molecule has 11 nitrogen and oxygen atoms in total. The molecule has 0 saturated heterocycles. The van der Waals surface area contributed by atoms with Crippen LogP contribution in [0.4, 0.5) is 0 Å². The Bertz CT molecular complexity index is 165. The van der Waals surface area contributed by atoms with E-state index in [1.165, 1.54) is 0 Å². The second-order valence-electron chi connectivity index (χ2n) is 1.88. The molecule has 0 saturated carbocycles. The Morgan fingerprint density at radius 1 is 1.00 bits per heavy atom. The Hall–Kier alpha value is 0.141. The number of aliphatic carboxylic acids is 2. The minimum atomic E-state index is -1.17. The van der Waals surface area contributed by atoms with E-state index in [0.717, 1.165) is 0 Å². The first kappa shape index (κ1) is 53.4. The fourth-order valence-corrected chi connectivity index (χ4v) is 0.402. The van der Waals surface area contributed by atoms with E-state index in [1.807, 2.05) is 0 Å². The average Bonchev–Trinajstić information content (AvgIpc) is 1.82. The van der Waals surface area contributed by atoms with Gasteiger partial charge in [0.05, 0.1) is 0 Å². The Balaban J connectivity index is -0.0000000112. The molecule has 0 heterocycles. The molecule has 12 heteroatoms. The van der Waals surface area contributed by atoms with E-state index in [9.17, 15) is 9.59 Å². The van der Waals surface area contributed by atoms with E-state index >= 15 is 0 Å². The molecule has 0 unspecified atom stereocenters. The van der Waals surface area contributed by atoms with Gasteiger partial charge in [-0.05, 0) is 6.42 Å². The summed E-state index contributed by atoms with van der Waals surface area (Å²) in [5.74, 6) is -2.20. The second kappa shape index (κ2) is 29.8. The molecule has 110 valence electrons. The molecule has 0 rings (SSSR count). The Morgan fingerprint density at radius 3 is 1.47 bits per heavy atom. The summed E-state index contributed by atoms with van der Waals surface area (Å²) in [6.07, 6.45) is -0.224. The van der Waals surface area contributed by atoms with E-state index in [-0.39, 0.29) is 94.0 Å². The van der Waals surface area contributed by atoms with E-state index in [0.29, 0.717) is 0 Å². The zero-order valence-corrected chi connectivity index (χ0v) is 12.5. The summed E-state index contributed by atoms with van der Waals surface area (Å²) in [6, 6.07) is -1.06. The smallest absolute Gasteiger partial charge is 1.00 e. The first-order chi connectivity index (χ1) is 4.54. The second-order valence-corrected chi connectivity index (χ2v) is 1.88. The minimum absolute atomic E-state index is 0. The summed E-state index contributed by atoms with van der Waals surface area (Å²) in [6.45, 7) is 0. The molecule has 0 fully saturated rings. The molecular weight excluding hydrogens is 322 g/mol. The molecule has 17 heavy (non-hydrogen) atoms. The third-order valence-electron chi connectivity index (χ3n) is 0.986. The van der Waals surface area contributed by atoms with E-state index in [1.54, 1.807) is 0 Å². The van der Waals surface area contributed by atoms with Crippen LogP contribution in [0.5, 0.6) is 0 Å². The molecule has 0 radical (unpaired) electrons. The zero-order valence-electron chi connectivity index (χ0n) is 11.0. The van der Waals surface area contributed by atoms with Crippen molar-refractivity contribution in [2.75, 3.05) is 0 Å². The molecule has 0 aromatic heterocycles. The summed E-state index contributed by atoms with van der Waals surface area (Å²) in [7, 11) is 0. The quantitative estimate of drug-likeness (QED) is 0.418. The Morgan fingerprint density at radius 2 is 1.29 bits per heavy atom. The van der Waals surface area contributed by atoms with Gasteiger partial charge < -0.3 is 51.7 Å². The van der Waals surface area contributed by atoms with Crippen LogP contribution in [-0.2, 0) is 9.59 Å². The maximum atomic E-state index is 9.99. The molecule has 16 N–H and O–H groups in total. The van der Waals surface area contributed by atoms with Crippen LogP contribution >= 0.6 is 0 Å². The number of rotatable bonds is 4. The van der Waals surface area contributed by atoms with E-state index < -0.39 is 18.0 Å². The minimum Gasteiger partial charge on any atom is -1.00 e. The van der Waals surface area contributed by atoms with Crippen molar-refractivity contribution >= 4 is 57.4 Å². The van der Waals surface area contributed by atoms with Gasteiger partial charge in [0.1, 0.15) is 6.04 Å². The van der Waals surface area contributed by atoms with Crippen LogP contribution in [0.25, 0.3) is 0 Å². The third-order valence-corrected chi connectivity index (χ3v) is 0.986. The Labute approximate surface area is 137 Å². The van der Waals surface area contributed by atoms with Gasteiger partial charge in [-0.1, -0.05) is 0 Å². The van der Waals surface area contributed by atoms with Crippen LogP contribution in [-0.4, -0.2) is 107 Å². The molecule has 0 aliphatic carbocycles. The van der Waals surface area contributed by atoms with Crippen molar-refractivity contribution in [2.45, 2.75) is 18.9 Å². The fraction of sp³-hybridized carbons (Fsp3) is 0.600.